The van der Waals surface area contributed by atoms with Crippen molar-refractivity contribution in [1.82, 2.24) is 0 Å². The van der Waals surface area contributed by atoms with E-state index in [1.165, 1.54) is 6.07 Å². The molecule has 1 unspecified atom stereocenters. The summed E-state index contributed by atoms with van der Waals surface area (Å²) < 4.78 is 13.6. The number of rotatable bonds is 4. The zero-order valence-corrected chi connectivity index (χ0v) is 11.3. The van der Waals surface area contributed by atoms with Crippen molar-refractivity contribution in [3.63, 3.8) is 0 Å². The Morgan fingerprint density at radius 2 is 2.20 bits per heavy atom. The average Bonchev–Trinajstić information content (AvgIpc) is 2.21. The molecular formula is C11H15BrFNS. The van der Waals surface area contributed by atoms with Crippen molar-refractivity contribution in [2.45, 2.75) is 25.2 Å². The molecule has 1 aromatic carbocycles. The van der Waals surface area contributed by atoms with Crippen LogP contribution in [0.5, 0.6) is 0 Å². The molecule has 0 amide bonds. The summed E-state index contributed by atoms with van der Waals surface area (Å²) in [6.45, 7) is 4.36. The Kier molecular flexibility index (Phi) is 4.93. The van der Waals surface area contributed by atoms with Gasteiger partial charge in [-0.25, -0.2) is 4.39 Å². The van der Waals surface area contributed by atoms with Gasteiger partial charge in [-0.1, -0.05) is 20.3 Å². The van der Waals surface area contributed by atoms with E-state index in [0.29, 0.717) is 16.1 Å². The zero-order chi connectivity index (χ0) is 11.4. The monoisotopic (exact) mass is 291 g/mol. The van der Waals surface area contributed by atoms with Gasteiger partial charge in [0.1, 0.15) is 5.82 Å². The van der Waals surface area contributed by atoms with E-state index in [2.05, 4.69) is 29.8 Å². The second-order valence-electron chi connectivity index (χ2n) is 3.63. The van der Waals surface area contributed by atoms with Gasteiger partial charge in [-0.3, -0.25) is 0 Å². The molecule has 1 nitrogen and oxygen atoms in total. The standard InChI is InChI=1S/C11H15BrFNS/c1-3-7(2)6-15-11-4-8(12)9(13)5-10(11)14/h4-5,7H,3,6,14H2,1-2H3. The van der Waals surface area contributed by atoms with Gasteiger partial charge in [0.25, 0.3) is 0 Å². The first-order chi connectivity index (χ1) is 7.04. The van der Waals surface area contributed by atoms with Gasteiger partial charge in [0.05, 0.1) is 4.47 Å². The van der Waals surface area contributed by atoms with Crippen LogP contribution >= 0.6 is 27.7 Å². The lowest BCUT2D eigenvalue weighted by Crippen LogP contribution is -1.97. The van der Waals surface area contributed by atoms with Crippen LogP contribution < -0.4 is 5.73 Å². The summed E-state index contributed by atoms with van der Waals surface area (Å²) in [5.74, 6) is 1.36. The molecule has 0 aliphatic carbocycles. The molecule has 84 valence electrons. The predicted molar refractivity (Wildman–Crippen MR) is 68.7 cm³/mol. The van der Waals surface area contributed by atoms with E-state index in [9.17, 15) is 4.39 Å². The fourth-order valence-electron chi connectivity index (χ4n) is 1.02. The summed E-state index contributed by atoms with van der Waals surface area (Å²) in [5, 5.41) is 0. The SMILES string of the molecule is CCC(C)CSc1cc(Br)c(F)cc1N. The van der Waals surface area contributed by atoms with Crippen LogP contribution in [-0.2, 0) is 0 Å². The van der Waals surface area contributed by atoms with Gasteiger partial charge in [-0.15, -0.1) is 11.8 Å². The number of nitrogen functional groups attached to an aromatic ring is 1. The summed E-state index contributed by atoms with van der Waals surface area (Å²) in [6.07, 6.45) is 1.15. The molecule has 15 heavy (non-hydrogen) atoms. The molecule has 0 fully saturated rings. The molecule has 1 rings (SSSR count). The Hall–Kier alpha value is -0.220. The molecule has 0 spiro atoms. The Morgan fingerprint density at radius 1 is 1.53 bits per heavy atom. The largest absolute Gasteiger partial charge is 0.398 e. The molecule has 0 aliphatic heterocycles. The Morgan fingerprint density at radius 3 is 2.80 bits per heavy atom. The lowest BCUT2D eigenvalue weighted by Gasteiger charge is -2.10. The fourth-order valence-corrected chi connectivity index (χ4v) is 2.64. The van der Waals surface area contributed by atoms with E-state index < -0.39 is 0 Å². The Bertz CT molecular complexity index is 344. The van der Waals surface area contributed by atoms with Crippen LogP contribution in [0.1, 0.15) is 20.3 Å². The van der Waals surface area contributed by atoms with Crippen LogP contribution in [-0.4, -0.2) is 5.75 Å². The van der Waals surface area contributed by atoms with Crippen LogP contribution in [0.15, 0.2) is 21.5 Å². The van der Waals surface area contributed by atoms with E-state index in [-0.39, 0.29) is 5.82 Å². The zero-order valence-electron chi connectivity index (χ0n) is 8.89. The maximum atomic E-state index is 13.1. The molecule has 0 saturated heterocycles. The van der Waals surface area contributed by atoms with Crippen LogP contribution in [0.2, 0.25) is 0 Å². The molecule has 2 N–H and O–H groups in total. The van der Waals surface area contributed by atoms with E-state index in [4.69, 9.17) is 5.73 Å². The third-order valence-electron chi connectivity index (χ3n) is 2.27. The van der Waals surface area contributed by atoms with E-state index in [0.717, 1.165) is 17.1 Å². The van der Waals surface area contributed by atoms with Gasteiger partial charge in [0.2, 0.25) is 0 Å². The van der Waals surface area contributed by atoms with Crippen LogP contribution in [0.4, 0.5) is 10.1 Å². The summed E-state index contributed by atoms with van der Waals surface area (Å²) in [6, 6.07) is 3.11. The molecule has 0 bridgehead atoms. The number of nitrogens with two attached hydrogens (primary N) is 1. The van der Waals surface area contributed by atoms with Crippen LogP contribution in [0.3, 0.4) is 0 Å². The number of thioether (sulfide) groups is 1. The lowest BCUT2D eigenvalue weighted by molar-refractivity contribution is 0.620. The van der Waals surface area contributed by atoms with Crippen LogP contribution in [0, 0.1) is 11.7 Å². The quantitative estimate of drug-likeness (QED) is 0.661. The van der Waals surface area contributed by atoms with Gasteiger partial charge < -0.3 is 5.73 Å². The number of halogens is 2. The highest BCUT2D eigenvalue weighted by Crippen LogP contribution is 2.31. The molecule has 0 aliphatic rings. The van der Waals surface area contributed by atoms with Gasteiger partial charge in [-0.05, 0) is 34.0 Å². The Balaban J connectivity index is 2.73. The highest BCUT2D eigenvalue weighted by Gasteiger charge is 2.07. The summed E-state index contributed by atoms with van der Waals surface area (Å²) in [7, 11) is 0. The highest BCUT2D eigenvalue weighted by molar-refractivity contribution is 9.10. The third-order valence-corrected chi connectivity index (χ3v) is 4.28. The first kappa shape index (κ1) is 12.8. The smallest absolute Gasteiger partial charge is 0.139 e. The summed E-state index contributed by atoms with van der Waals surface area (Å²) >= 11 is 4.84. The van der Waals surface area contributed by atoms with Gasteiger partial charge in [-0.2, -0.15) is 0 Å². The number of benzene rings is 1. The molecule has 1 aromatic rings. The first-order valence-corrected chi connectivity index (χ1v) is 6.69. The second-order valence-corrected chi connectivity index (χ2v) is 5.54. The number of anilines is 1. The maximum absolute atomic E-state index is 13.1. The van der Waals surface area contributed by atoms with Crippen molar-refractivity contribution in [1.29, 1.82) is 0 Å². The Labute approximate surface area is 103 Å². The van der Waals surface area contributed by atoms with Gasteiger partial charge in [0, 0.05) is 16.3 Å². The van der Waals surface area contributed by atoms with Crippen molar-refractivity contribution in [2.24, 2.45) is 5.92 Å². The topological polar surface area (TPSA) is 26.0 Å². The number of hydrogen-bond acceptors (Lipinski definition) is 2. The fraction of sp³-hybridized carbons (Fsp3) is 0.455. The van der Waals surface area contributed by atoms with Crippen molar-refractivity contribution >= 4 is 33.4 Å². The maximum Gasteiger partial charge on any atom is 0.139 e. The molecule has 1 atom stereocenters. The average molecular weight is 292 g/mol. The normalized spacial score (nSPS) is 12.8. The predicted octanol–water partition coefficient (Wildman–Crippen LogP) is 4.31. The summed E-state index contributed by atoms with van der Waals surface area (Å²) in [4.78, 5) is 0.948. The van der Waals surface area contributed by atoms with E-state index >= 15 is 0 Å². The number of hydrogen-bond donors (Lipinski definition) is 1. The minimum Gasteiger partial charge on any atom is -0.398 e. The highest BCUT2D eigenvalue weighted by atomic mass is 79.9. The third kappa shape index (κ3) is 3.68. The second kappa shape index (κ2) is 5.75. The molecular weight excluding hydrogens is 277 g/mol. The lowest BCUT2D eigenvalue weighted by atomic mass is 10.2. The van der Waals surface area contributed by atoms with Gasteiger partial charge in [0.15, 0.2) is 0 Å². The van der Waals surface area contributed by atoms with Gasteiger partial charge >= 0.3 is 0 Å². The van der Waals surface area contributed by atoms with Crippen molar-refractivity contribution in [3.8, 4) is 0 Å². The summed E-state index contributed by atoms with van der Waals surface area (Å²) in [5.41, 5.74) is 6.25. The van der Waals surface area contributed by atoms with Crippen molar-refractivity contribution in [3.05, 3.63) is 22.4 Å². The molecule has 4 heteroatoms. The molecule has 0 heterocycles. The van der Waals surface area contributed by atoms with Crippen molar-refractivity contribution < 1.29 is 4.39 Å². The van der Waals surface area contributed by atoms with E-state index in [1.54, 1.807) is 17.8 Å². The van der Waals surface area contributed by atoms with Crippen molar-refractivity contribution in [2.75, 3.05) is 11.5 Å². The molecule has 0 radical (unpaired) electrons. The minimum atomic E-state index is -0.305. The molecule has 0 aromatic heterocycles. The van der Waals surface area contributed by atoms with E-state index in [1.807, 2.05) is 0 Å². The van der Waals surface area contributed by atoms with Crippen LogP contribution in [0.25, 0.3) is 0 Å². The minimum absolute atomic E-state index is 0.305. The molecule has 0 saturated carbocycles. The first-order valence-electron chi connectivity index (χ1n) is 4.92.